The lowest BCUT2D eigenvalue weighted by Gasteiger charge is -2.19. The van der Waals surface area contributed by atoms with Crippen LogP contribution in [0.2, 0.25) is 0 Å². The zero-order valence-electron chi connectivity index (χ0n) is 17.0. The first-order chi connectivity index (χ1) is 14.8. The lowest BCUT2D eigenvalue weighted by Crippen LogP contribution is -2.27. The van der Waals surface area contributed by atoms with Crippen molar-refractivity contribution in [3.63, 3.8) is 0 Å². The monoisotopic (exact) mass is 444 g/mol. The topological polar surface area (TPSA) is 126 Å². The van der Waals surface area contributed by atoms with Crippen molar-refractivity contribution in [2.24, 2.45) is 5.92 Å². The third-order valence-electron chi connectivity index (χ3n) is 4.94. The highest BCUT2D eigenvalue weighted by atomic mass is 32.2. The van der Waals surface area contributed by atoms with Gasteiger partial charge in [0.15, 0.2) is 17.2 Å². The minimum atomic E-state index is -4.09. The van der Waals surface area contributed by atoms with Crippen molar-refractivity contribution < 1.29 is 27.2 Å². The number of carbonyl (C=O) groups is 1. The van der Waals surface area contributed by atoms with Crippen molar-refractivity contribution in [1.82, 2.24) is 14.9 Å². The molecule has 31 heavy (non-hydrogen) atoms. The normalized spacial score (nSPS) is 16.7. The molecule has 0 aliphatic heterocycles. The van der Waals surface area contributed by atoms with Gasteiger partial charge in [0.05, 0.1) is 31.6 Å². The fourth-order valence-corrected chi connectivity index (χ4v) is 4.73. The van der Waals surface area contributed by atoms with Gasteiger partial charge < -0.3 is 14.0 Å². The minimum Gasteiger partial charge on any atom is -0.496 e. The number of hydrogen-bond donors (Lipinski definition) is 1. The van der Waals surface area contributed by atoms with Gasteiger partial charge in [-0.2, -0.15) is 5.10 Å². The summed E-state index contributed by atoms with van der Waals surface area (Å²) in [5.74, 6) is -0.861. The molecule has 0 spiro atoms. The van der Waals surface area contributed by atoms with E-state index in [0.29, 0.717) is 23.3 Å². The van der Waals surface area contributed by atoms with Crippen LogP contribution in [0.1, 0.15) is 12.5 Å². The number of allylic oxidation sites excluding steroid dienone is 4. The summed E-state index contributed by atoms with van der Waals surface area (Å²) in [4.78, 5) is 12.2. The molecule has 1 aliphatic rings. The number of hydrogen-bond acceptors (Lipinski definition) is 8. The number of fused-ring (bicyclic) bond motifs is 1. The second-order valence-corrected chi connectivity index (χ2v) is 8.58. The van der Waals surface area contributed by atoms with Gasteiger partial charge in [0.2, 0.25) is 5.78 Å². The van der Waals surface area contributed by atoms with Crippen molar-refractivity contribution in [3.8, 4) is 5.75 Å². The molecule has 1 atom stereocenters. The number of ketones is 1. The SMILES string of the molecule is COC1=CC=C(S(=O)(=O)Nc2noc3cc(Cn4cccn4)cc(OC)c23)C(C)C1=O. The zero-order chi connectivity index (χ0) is 22.2. The Balaban J connectivity index is 1.69. The lowest BCUT2D eigenvalue weighted by molar-refractivity contribution is -0.120. The van der Waals surface area contributed by atoms with Crippen LogP contribution in [-0.2, 0) is 26.1 Å². The number of rotatable bonds is 7. The molecule has 0 radical (unpaired) electrons. The Labute approximate surface area is 178 Å². The molecule has 1 aliphatic carbocycles. The van der Waals surface area contributed by atoms with Gasteiger partial charge in [-0.3, -0.25) is 14.2 Å². The summed E-state index contributed by atoms with van der Waals surface area (Å²) in [6.45, 7) is 1.98. The van der Waals surface area contributed by atoms with Crippen molar-refractivity contribution in [3.05, 3.63) is 59.0 Å². The van der Waals surface area contributed by atoms with E-state index >= 15 is 0 Å². The Hall–Kier alpha value is -3.60. The van der Waals surface area contributed by atoms with Crippen LogP contribution in [0.5, 0.6) is 5.75 Å². The van der Waals surface area contributed by atoms with Crippen LogP contribution in [0.4, 0.5) is 5.82 Å². The predicted octanol–water partition coefficient (Wildman–Crippen LogP) is 2.46. The van der Waals surface area contributed by atoms with Crippen LogP contribution in [0.25, 0.3) is 11.0 Å². The van der Waals surface area contributed by atoms with Crippen LogP contribution < -0.4 is 9.46 Å². The molecule has 1 N–H and O–H groups in total. The third kappa shape index (κ3) is 3.79. The maximum atomic E-state index is 13.0. The van der Waals surface area contributed by atoms with Gasteiger partial charge in [0.25, 0.3) is 10.0 Å². The standard InChI is InChI=1S/C20H20N4O6S/c1-12-17(6-5-14(28-2)19(12)25)31(26,27)23-20-18-15(29-3)9-13(10-16(18)30-22-20)11-24-8-4-7-21-24/h4-10,12H,11H2,1-3H3,(H,22,23). The average molecular weight is 444 g/mol. The number of benzene rings is 1. The van der Waals surface area contributed by atoms with Crippen molar-refractivity contribution in [2.75, 3.05) is 18.9 Å². The van der Waals surface area contributed by atoms with E-state index in [1.807, 2.05) is 12.3 Å². The molecule has 162 valence electrons. The van der Waals surface area contributed by atoms with Crippen LogP contribution in [0.3, 0.4) is 0 Å². The predicted molar refractivity (Wildman–Crippen MR) is 112 cm³/mol. The number of nitrogens with zero attached hydrogens (tertiary/aromatic N) is 3. The van der Waals surface area contributed by atoms with Crippen molar-refractivity contribution in [2.45, 2.75) is 13.5 Å². The van der Waals surface area contributed by atoms with Crippen molar-refractivity contribution in [1.29, 1.82) is 0 Å². The number of ether oxygens (including phenoxy) is 2. The number of sulfonamides is 1. The maximum absolute atomic E-state index is 13.0. The molecule has 3 aromatic rings. The number of Topliss-reactive ketones (excluding diaryl/α,β-unsaturated/α-hetero) is 1. The summed E-state index contributed by atoms with van der Waals surface area (Å²) in [6, 6.07) is 5.32. The van der Waals surface area contributed by atoms with Gasteiger partial charge in [-0.15, -0.1) is 0 Å². The summed E-state index contributed by atoms with van der Waals surface area (Å²) in [5, 5.41) is 8.42. The molecule has 2 aromatic heterocycles. The number of carbonyl (C=O) groups excluding carboxylic acids is 1. The molecular weight excluding hydrogens is 424 g/mol. The molecule has 0 saturated heterocycles. The van der Waals surface area contributed by atoms with Crippen LogP contribution in [-0.4, -0.2) is 43.4 Å². The molecule has 1 aromatic carbocycles. The van der Waals surface area contributed by atoms with E-state index in [1.165, 1.54) is 33.3 Å². The molecule has 0 amide bonds. The van der Waals surface area contributed by atoms with Crippen LogP contribution in [0, 0.1) is 5.92 Å². The van der Waals surface area contributed by atoms with Gasteiger partial charge in [0, 0.05) is 12.4 Å². The molecule has 0 fully saturated rings. The fourth-order valence-electron chi connectivity index (χ4n) is 3.40. The number of anilines is 1. The lowest BCUT2D eigenvalue weighted by atomic mass is 10.00. The van der Waals surface area contributed by atoms with Gasteiger partial charge in [0.1, 0.15) is 11.1 Å². The molecule has 11 heteroatoms. The highest BCUT2D eigenvalue weighted by Crippen LogP contribution is 2.36. The maximum Gasteiger partial charge on any atom is 0.260 e. The molecule has 0 saturated carbocycles. The fraction of sp³-hybridized carbons (Fsp3) is 0.250. The van der Waals surface area contributed by atoms with E-state index < -0.39 is 21.7 Å². The number of aromatic nitrogens is 3. The van der Waals surface area contributed by atoms with E-state index in [-0.39, 0.29) is 16.5 Å². The van der Waals surface area contributed by atoms with E-state index in [9.17, 15) is 13.2 Å². The Morgan fingerprint density at radius 3 is 2.71 bits per heavy atom. The third-order valence-corrected chi connectivity index (χ3v) is 6.52. The summed E-state index contributed by atoms with van der Waals surface area (Å²) in [6.07, 6.45) is 6.17. The van der Waals surface area contributed by atoms with Crippen LogP contribution in [0.15, 0.2) is 57.9 Å². The minimum absolute atomic E-state index is 0.0282. The highest BCUT2D eigenvalue weighted by Gasteiger charge is 2.34. The zero-order valence-corrected chi connectivity index (χ0v) is 17.8. The number of nitrogens with one attached hydrogen (secondary N) is 1. The van der Waals surface area contributed by atoms with E-state index in [2.05, 4.69) is 15.0 Å². The van der Waals surface area contributed by atoms with E-state index in [4.69, 9.17) is 14.0 Å². The van der Waals surface area contributed by atoms with Gasteiger partial charge >= 0.3 is 0 Å². The Morgan fingerprint density at radius 2 is 2.03 bits per heavy atom. The molecular formula is C20H20N4O6S. The molecule has 4 rings (SSSR count). The first kappa shape index (κ1) is 20.7. The molecule has 1 unspecified atom stereocenters. The van der Waals surface area contributed by atoms with Crippen LogP contribution >= 0.6 is 0 Å². The first-order valence-corrected chi connectivity index (χ1v) is 10.8. The summed E-state index contributed by atoms with van der Waals surface area (Å²) >= 11 is 0. The molecule has 0 bridgehead atoms. The molecule has 2 heterocycles. The number of methoxy groups -OCH3 is 2. The van der Waals surface area contributed by atoms with E-state index in [0.717, 1.165) is 5.56 Å². The summed E-state index contributed by atoms with van der Waals surface area (Å²) < 4.78 is 45.9. The summed E-state index contributed by atoms with van der Waals surface area (Å²) in [7, 11) is -1.26. The smallest absolute Gasteiger partial charge is 0.260 e. The first-order valence-electron chi connectivity index (χ1n) is 9.30. The van der Waals surface area contributed by atoms with Gasteiger partial charge in [-0.05, 0) is 35.9 Å². The Morgan fingerprint density at radius 1 is 1.23 bits per heavy atom. The van der Waals surface area contributed by atoms with Gasteiger partial charge in [-0.1, -0.05) is 12.1 Å². The second kappa shape index (κ2) is 7.91. The second-order valence-electron chi connectivity index (χ2n) is 6.90. The molecule has 10 nitrogen and oxygen atoms in total. The average Bonchev–Trinajstić information content (AvgIpc) is 3.39. The van der Waals surface area contributed by atoms with Crippen molar-refractivity contribution >= 4 is 32.6 Å². The highest BCUT2D eigenvalue weighted by molar-refractivity contribution is 7.96. The summed E-state index contributed by atoms with van der Waals surface area (Å²) in [5.41, 5.74) is 1.19. The Bertz CT molecular complexity index is 1300. The van der Waals surface area contributed by atoms with Gasteiger partial charge in [-0.25, -0.2) is 8.42 Å². The van der Waals surface area contributed by atoms with E-state index in [1.54, 1.807) is 23.0 Å². The quantitative estimate of drug-likeness (QED) is 0.589. The largest absolute Gasteiger partial charge is 0.496 e. The Kier molecular flexibility index (Phi) is 5.27.